The average Bonchev–Trinajstić information content (AvgIpc) is 3.51. The molecule has 1 aliphatic heterocycles. The van der Waals surface area contributed by atoms with Crippen LogP contribution in [0, 0.1) is 5.92 Å². The third kappa shape index (κ3) is 8.89. The first-order chi connectivity index (χ1) is 21.1. The molecule has 15 heteroatoms. The van der Waals surface area contributed by atoms with Crippen LogP contribution in [0.5, 0.6) is 5.75 Å². The Balaban J connectivity index is 1.52. The zero-order chi connectivity index (χ0) is 31.7. The van der Waals surface area contributed by atoms with Crippen LogP contribution in [0.3, 0.4) is 0 Å². The molecule has 0 saturated carbocycles. The summed E-state index contributed by atoms with van der Waals surface area (Å²) in [5.41, 5.74) is 0.558. The van der Waals surface area contributed by atoms with Gasteiger partial charge >= 0.3 is 6.61 Å². The van der Waals surface area contributed by atoms with Gasteiger partial charge in [0.15, 0.2) is 9.84 Å². The molecule has 0 radical (unpaired) electrons. The molecule has 0 bridgehead atoms. The number of nitrogens with zero attached hydrogens (tertiary/aromatic N) is 3. The Morgan fingerprint density at radius 1 is 1.02 bits per heavy atom. The number of carbonyl (C=O) groups excluding carboxylic acids is 3. The van der Waals surface area contributed by atoms with Gasteiger partial charge in [-0.05, 0) is 24.6 Å². The SMILES string of the molecule is CC[C@H](NC(=O)C(CC(=O)N1CCOCC1)CS(=O)(=O)Cc1ccccc1OC(F)F)C(=O)c1nnc(-c2ccccc2)o1. The summed E-state index contributed by atoms with van der Waals surface area (Å²) in [5, 5.41) is 10.2. The molecule has 2 atom stereocenters. The van der Waals surface area contributed by atoms with Gasteiger partial charge in [-0.2, -0.15) is 8.78 Å². The van der Waals surface area contributed by atoms with Crippen molar-refractivity contribution in [2.24, 2.45) is 5.92 Å². The minimum atomic E-state index is -4.16. The summed E-state index contributed by atoms with van der Waals surface area (Å²) < 4.78 is 67.6. The van der Waals surface area contributed by atoms with E-state index in [9.17, 15) is 31.6 Å². The number of sulfone groups is 1. The van der Waals surface area contributed by atoms with Crippen LogP contribution in [0.1, 0.15) is 36.0 Å². The van der Waals surface area contributed by atoms with E-state index >= 15 is 0 Å². The van der Waals surface area contributed by atoms with Crippen LogP contribution in [0.15, 0.2) is 59.0 Å². The second-order valence-corrected chi connectivity index (χ2v) is 12.2. The number of carbonyl (C=O) groups is 3. The normalized spacial score (nSPS) is 15.0. The lowest BCUT2D eigenvalue weighted by Gasteiger charge is -2.28. The molecule has 3 aromatic rings. The number of amides is 2. The first-order valence-corrected chi connectivity index (χ1v) is 15.7. The molecule has 1 unspecified atom stereocenters. The molecule has 2 heterocycles. The van der Waals surface area contributed by atoms with Crippen LogP contribution >= 0.6 is 0 Å². The summed E-state index contributed by atoms with van der Waals surface area (Å²) >= 11 is 0. The molecule has 236 valence electrons. The molecule has 0 spiro atoms. The fourth-order valence-corrected chi connectivity index (χ4v) is 6.34. The van der Waals surface area contributed by atoms with Crippen molar-refractivity contribution in [3.63, 3.8) is 0 Å². The standard InChI is InChI=1S/C29H32F2N4O8S/c1-2-22(25(37)28-34-33-27(43-28)19-8-4-3-5-9-19)32-26(38)21(16-24(36)35-12-14-41-15-13-35)18-44(39,40)17-20-10-6-7-11-23(20)42-29(30)31/h3-11,21-22,29H,2,12-18H2,1H3,(H,32,38)/t21?,22-/m0/s1. The van der Waals surface area contributed by atoms with Crippen molar-refractivity contribution in [2.45, 2.75) is 38.2 Å². The molecule has 1 aromatic heterocycles. The quantitative estimate of drug-likeness (QED) is 0.262. The van der Waals surface area contributed by atoms with E-state index in [-0.39, 0.29) is 42.6 Å². The Kier molecular flexibility index (Phi) is 11.1. The highest BCUT2D eigenvalue weighted by atomic mass is 32.2. The number of Topliss-reactive ketones (excluding diaryl/α,β-unsaturated/α-hetero) is 1. The van der Waals surface area contributed by atoms with Gasteiger partial charge in [0.2, 0.25) is 23.5 Å². The van der Waals surface area contributed by atoms with Crippen molar-refractivity contribution >= 4 is 27.4 Å². The minimum Gasteiger partial charge on any atom is -0.435 e. The lowest BCUT2D eigenvalue weighted by molar-refractivity contribution is -0.139. The number of ketones is 1. The molecular weight excluding hydrogens is 602 g/mol. The van der Waals surface area contributed by atoms with E-state index in [0.29, 0.717) is 18.8 Å². The maximum Gasteiger partial charge on any atom is 0.387 e. The number of nitrogens with one attached hydrogen (secondary N) is 1. The third-order valence-electron chi connectivity index (χ3n) is 6.87. The van der Waals surface area contributed by atoms with Crippen molar-refractivity contribution in [3.05, 3.63) is 66.1 Å². The number of ether oxygens (including phenoxy) is 2. The van der Waals surface area contributed by atoms with E-state index in [2.05, 4.69) is 20.3 Å². The molecule has 2 aromatic carbocycles. The second-order valence-electron chi connectivity index (χ2n) is 10.0. The van der Waals surface area contributed by atoms with E-state index in [1.807, 2.05) is 0 Å². The number of aromatic nitrogens is 2. The number of halogens is 2. The third-order valence-corrected chi connectivity index (χ3v) is 8.53. The largest absolute Gasteiger partial charge is 0.435 e. The van der Waals surface area contributed by atoms with Gasteiger partial charge in [0.05, 0.1) is 36.7 Å². The topological polar surface area (TPSA) is 158 Å². The predicted molar refractivity (Wildman–Crippen MR) is 152 cm³/mol. The zero-order valence-electron chi connectivity index (χ0n) is 23.9. The predicted octanol–water partition coefficient (Wildman–Crippen LogP) is 2.90. The Morgan fingerprint density at radius 3 is 2.39 bits per heavy atom. The summed E-state index contributed by atoms with van der Waals surface area (Å²) in [4.78, 5) is 41.3. The van der Waals surface area contributed by atoms with Crippen LogP contribution in [0.4, 0.5) is 8.78 Å². The van der Waals surface area contributed by atoms with Crippen molar-refractivity contribution in [1.29, 1.82) is 0 Å². The van der Waals surface area contributed by atoms with E-state index in [1.165, 1.54) is 29.2 Å². The number of para-hydroxylation sites is 1. The molecule has 44 heavy (non-hydrogen) atoms. The Morgan fingerprint density at radius 2 is 1.70 bits per heavy atom. The summed E-state index contributed by atoms with van der Waals surface area (Å²) in [6.45, 7) is -0.409. The van der Waals surface area contributed by atoms with Crippen LogP contribution in [-0.2, 0) is 29.9 Å². The van der Waals surface area contributed by atoms with Gasteiger partial charge in [0, 0.05) is 30.6 Å². The number of hydrogen-bond donors (Lipinski definition) is 1. The van der Waals surface area contributed by atoms with Gasteiger partial charge in [0.1, 0.15) is 5.75 Å². The van der Waals surface area contributed by atoms with Crippen molar-refractivity contribution in [3.8, 4) is 17.2 Å². The summed E-state index contributed by atoms with van der Waals surface area (Å²) in [6, 6.07) is 13.0. The minimum absolute atomic E-state index is 0.0290. The van der Waals surface area contributed by atoms with Gasteiger partial charge in [0.25, 0.3) is 5.89 Å². The number of alkyl halides is 2. The molecule has 12 nitrogen and oxygen atoms in total. The molecule has 4 rings (SSSR count). The number of morpholine rings is 1. The van der Waals surface area contributed by atoms with Crippen LogP contribution < -0.4 is 10.1 Å². The molecule has 1 saturated heterocycles. The van der Waals surface area contributed by atoms with E-state index in [4.69, 9.17) is 9.15 Å². The lowest BCUT2D eigenvalue weighted by Crippen LogP contribution is -2.47. The number of hydrogen-bond acceptors (Lipinski definition) is 10. The van der Waals surface area contributed by atoms with Crippen LogP contribution in [-0.4, -0.2) is 85.8 Å². The lowest BCUT2D eigenvalue weighted by atomic mass is 10.0. The Bertz CT molecular complexity index is 1550. The van der Waals surface area contributed by atoms with Gasteiger partial charge < -0.3 is 24.1 Å². The molecule has 2 amide bonds. The Labute approximate surface area is 252 Å². The first-order valence-electron chi connectivity index (χ1n) is 13.9. The zero-order valence-corrected chi connectivity index (χ0v) is 24.7. The number of benzene rings is 2. The average molecular weight is 635 g/mol. The smallest absolute Gasteiger partial charge is 0.387 e. The highest BCUT2D eigenvalue weighted by molar-refractivity contribution is 7.90. The van der Waals surface area contributed by atoms with Crippen LogP contribution in [0.25, 0.3) is 11.5 Å². The van der Waals surface area contributed by atoms with Gasteiger partial charge in [-0.25, -0.2) is 8.42 Å². The van der Waals surface area contributed by atoms with Crippen molar-refractivity contribution < 1.29 is 45.5 Å². The molecular formula is C29H32F2N4O8S. The summed E-state index contributed by atoms with van der Waals surface area (Å²) in [7, 11) is -4.16. The maximum atomic E-state index is 13.5. The maximum absolute atomic E-state index is 13.5. The Hall–Kier alpha value is -4.24. The van der Waals surface area contributed by atoms with E-state index < -0.39 is 63.9 Å². The van der Waals surface area contributed by atoms with Crippen molar-refractivity contribution in [1.82, 2.24) is 20.4 Å². The molecule has 1 N–H and O–H groups in total. The molecule has 1 aliphatic rings. The fourth-order valence-electron chi connectivity index (χ4n) is 4.63. The molecule has 1 fully saturated rings. The van der Waals surface area contributed by atoms with Gasteiger partial charge in [-0.15, -0.1) is 10.2 Å². The summed E-state index contributed by atoms with van der Waals surface area (Å²) in [5.74, 6) is -5.47. The summed E-state index contributed by atoms with van der Waals surface area (Å²) in [6.07, 6.45) is -0.369. The van der Waals surface area contributed by atoms with Crippen molar-refractivity contribution in [2.75, 3.05) is 32.1 Å². The van der Waals surface area contributed by atoms with E-state index in [0.717, 1.165) is 0 Å². The monoisotopic (exact) mass is 634 g/mol. The first kappa shape index (κ1) is 32.7. The van der Waals surface area contributed by atoms with Gasteiger partial charge in [-0.3, -0.25) is 14.4 Å². The second kappa shape index (κ2) is 15.0. The number of rotatable bonds is 14. The van der Waals surface area contributed by atoms with E-state index in [1.54, 1.807) is 37.3 Å². The van der Waals surface area contributed by atoms with Crippen LogP contribution in [0.2, 0.25) is 0 Å². The molecule has 0 aliphatic carbocycles. The highest BCUT2D eigenvalue weighted by Gasteiger charge is 2.34. The fraction of sp³-hybridized carbons (Fsp3) is 0.414. The van der Waals surface area contributed by atoms with Gasteiger partial charge in [-0.1, -0.05) is 43.3 Å². The highest BCUT2D eigenvalue weighted by Crippen LogP contribution is 2.24.